The maximum absolute atomic E-state index is 13.1. The van der Waals surface area contributed by atoms with Gasteiger partial charge in [-0.15, -0.1) is 0 Å². The lowest BCUT2D eigenvalue weighted by atomic mass is 10.2. The molecular weight excluding hydrogens is 419 g/mol. The number of carbonyl (C=O) groups excluding carboxylic acids is 1. The number of carbonyl (C=O) groups is 1. The van der Waals surface area contributed by atoms with Gasteiger partial charge in [0.2, 0.25) is 0 Å². The van der Waals surface area contributed by atoms with Crippen LogP contribution >= 0.6 is 23.2 Å². The number of hydrogen-bond donors (Lipinski definition) is 0. The molecule has 1 amide bonds. The molecule has 0 fully saturated rings. The van der Waals surface area contributed by atoms with Crippen LogP contribution in [0.2, 0.25) is 10.0 Å². The van der Waals surface area contributed by atoms with Gasteiger partial charge >= 0.3 is 0 Å². The molecule has 0 spiro atoms. The van der Waals surface area contributed by atoms with Gasteiger partial charge in [0.05, 0.1) is 35.1 Å². The smallest absolute Gasteiger partial charge is 0.256 e. The third kappa shape index (κ3) is 3.11. The van der Waals surface area contributed by atoms with Gasteiger partial charge in [-0.2, -0.15) is 5.10 Å². The highest BCUT2D eigenvalue weighted by Gasteiger charge is 2.32. The third-order valence-corrected chi connectivity index (χ3v) is 5.92. The normalized spacial score (nSPS) is 13.0. The van der Waals surface area contributed by atoms with Gasteiger partial charge in [0, 0.05) is 23.0 Å². The van der Waals surface area contributed by atoms with E-state index in [1.54, 1.807) is 23.1 Å². The molecule has 0 saturated heterocycles. The van der Waals surface area contributed by atoms with Crippen LogP contribution in [0, 0.1) is 6.92 Å². The Balaban J connectivity index is 1.56. The molecule has 0 aliphatic carbocycles. The number of rotatable bonds is 3. The van der Waals surface area contributed by atoms with E-state index in [0.717, 1.165) is 28.3 Å². The van der Waals surface area contributed by atoms with E-state index in [9.17, 15) is 4.79 Å². The largest absolute Gasteiger partial charge is 0.328 e. The van der Waals surface area contributed by atoms with Crippen LogP contribution in [0.25, 0.3) is 11.5 Å². The van der Waals surface area contributed by atoms with E-state index < -0.39 is 0 Å². The predicted octanol–water partition coefficient (Wildman–Crippen LogP) is 5.43. The quantitative estimate of drug-likeness (QED) is 0.429. The molecule has 3 heterocycles. The highest BCUT2D eigenvalue weighted by molar-refractivity contribution is 6.36. The number of halogens is 2. The topological polar surface area (TPSA) is 43.1 Å². The number of nitrogens with zero attached hydrogens (tertiary/aromatic N) is 4. The Morgan fingerprint density at radius 2 is 1.77 bits per heavy atom. The zero-order valence-electron chi connectivity index (χ0n) is 16.2. The van der Waals surface area contributed by atoms with Crippen molar-refractivity contribution in [2.45, 2.75) is 20.0 Å². The van der Waals surface area contributed by atoms with Crippen LogP contribution in [-0.2, 0) is 13.1 Å². The van der Waals surface area contributed by atoms with Crippen LogP contribution in [0.15, 0.2) is 67.0 Å². The molecule has 0 N–H and O–H groups in total. The summed E-state index contributed by atoms with van der Waals surface area (Å²) in [5.41, 5.74) is 4.52. The van der Waals surface area contributed by atoms with E-state index in [1.807, 2.05) is 45.9 Å². The summed E-state index contributed by atoms with van der Waals surface area (Å²) in [6.45, 7) is 2.96. The Hall–Kier alpha value is -3.02. The lowest BCUT2D eigenvalue weighted by molar-refractivity contribution is 0.0749. The number of aromatic nitrogens is 3. The number of para-hydroxylation sites is 1. The molecule has 1 aliphatic heterocycles. The average Bonchev–Trinajstić information content (AvgIpc) is 3.44. The predicted molar refractivity (Wildman–Crippen MR) is 118 cm³/mol. The highest BCUT2D eigenvalue weighted by atomic mass is 35.5. The number of amides is 1. The van der Waals surface area contributed by atoms with E-state index >= 15 is 0 Å². The number of benzene rings is 2. The fourth-order valence-corrected chi connectivity index (χ4v) is 4.38. The van der Waals surface area contributed by atoms with Gasteiger partial charge in [-0.05, 0) is 48.9 Å². The van der Waals surface area contributed by atoms with E-state index in [4.69, 9.17) is 28.3 Å². The van der Waals surface area contributed by atoms with Gasteiger partial charge in [-0.1, -0.05) is 41.4 Å². The molecule has 150 valence electrons. The Morgan fingerprint density at radius 1 is 1.00 bits per heavy atom. The highest BCUT2D eigenvalue weighted by Crippen LogP contribution is 2.33. The summed E-state index contributed by atoms with van der Waals surface area (Å²) >= 11 is 12.2. The number of aryl methyl sites for hydroxylation is 1. The van der Waals surface area contributed by atoms with Gasteiger partial charge < -0.3 is 9.47 Å². The van der Waals surface area contributed by atoms with Crippen molar-refractivity contribution >= 4 is 29.1 Å². The number of fused-ring (bicyclic) bond motifs is 1. The molecule has 5 rings (SSSR count). The lowest BCUT2D eigenvalue weighted by Crippen LogP contribution is -2.26. The zero-order chi connectivity index (χ0) is 20.8. The Kier molecular flexibility index (Phi) is 4.65. The monoisotopic (exact) mass is 436 g/mol. The summed E-state index contributed by atoms with van der Waals surface area (Å²) in [4.78, 5) is 14.9. The summed E-state index contributed by atoms with van der Waals surface area (Å²) < 4.78 is 4.01. The third-order valence-electron chi connectivity index (χ3n) is 5.37. The molecule has 0 atom stereocenters. The first-order valence-corrected chi connectivity index (χ1v) is 10.3. The minimum Gasteiger partial charge on any atom is -0.328 e. The minimum atomic E-state index is -0.129. The van der Waals surface area contributed by atoms with Crippen LogP contribution in [0.5, 0.6) is 0 Å². The molecule has 7 heteroatoms. The van der Waals surface area contributed by atoms with Crippen molar-refractivity contribution in [3.63, 3.8) is 0 Å². The summed E-state index contributed by atoms with van der Waals surface area (Å²) in [5, 5.41) is 5.75. The van der Waals surface area contributed by atoms with Crippen LogP contribution in [0.1, 0.15) is 27.2 Å². The molecule has 30 heavy (non-hydrogen) atoms. The van der Waals surface area contributed by atoms with Crippen molar-refractivity contribution in [3.05, 3.63) is 99.4 Å². The van der Waals surface area contributed by atoms with Crippen molar-refractivity contribution in [1.29, 1.82) is 0 Å². The number of hydrogen-bond acceptors (Lipinski definition) is 2. The van der Waals surface area contributed by atoms with Crippen LogP contribution < -0.4 is 0 Å². The second-order valence-electron chi connectivity index (χ2n) is 7.32. The molecule has 0 radical (unpaired) electrons. The van der Waals surface area contributed by atoms with Gasteiger partial charge in [0.1, 0.15) is 5.82 Å². The summed E-state index contributed by atoms with van der Waals surface area (Å²) in [6, 6.07) is 17.0. The Morgan fingerprint density at radius 3 is 2.50 bits per heavy atom. The Bertz CT molecular complexity index is 1260. The van der Waals surface area contributed by atoms with Crippen molar-refractivity contribution in [2.75, 3.05) is 0 Å². The molecule has 2 aromatic heterocycles. The van der Waals surface area contributed by atoms with E-state index in [0.29, 0.717) is 28.7 Å². The van der Waals surface area contributed by atoms with Gasteiger partial charge in [0.15, 0.2) is 0 Å². The van der Waals surface area contributed by atoms with E-state index in [2.05, 4.69) is 19.1 Å². The molecule has 1 aliphatic rings. The summed E-state index contributed by atoms with van der Waals surface area (Å²) in [5.74, 6) is 0.817. The first-order valence-electron chi connectivity index (χ1n) is 9.57. The summed E-state index contributed by atoms with van der Waals surface area (Å²) in [6.07, 6.45) is 3.99. The SMILES string of the molecule is Cc1ccccc1-n1nc2c(c1-n1cccc1)CN(C(=O)c1ccc(Cl)cc1Cl)C2. The van der Waals surface area contributed by atoms with Crippen molar-refractivity contribution in [3.8, 4) is 11.5 Å². The second kappa shape index (κ2) is 7.35. The lowest BCUT2D eigenvalue weighted by Gasteiger charge is -2.18. The van der Waals surface area contributed by atoms with E-state index in [1.165, 1.54) is 0 Å². The maximum Gasteiger partial charge on any atom is 0.256 e. The standard InChI is InChI=1S/C23H18Cl2N4O/c1-15-6-2-3-7-21(15)29-22(27-10-4-5-11-27)18-13-28(14-20(18)26-29)23(30)17-9-8-16(24)12-19(17)25/h2-12H,13-14H2,1H3. The van der Waals surface area contributed by atoms with E-state index in [-0.39, 0.29) is 5.91 Å². The fraction of sp³-hybridized carbons (Fsp3) is 0.130. The first kappa shape index (κ1) is 19.0. The molecule has 0 unspecified atom stereocenters. The van der Waals surface area contributed by atoms with Crippen molar-refractivity contribution < 1.29 is 4.79 Å². The summed E-state index contributed by atoms with van der Waals surface area (Å²) in [7, 11) is 0. The van der Waals surface area contributed by atoms with Crippen LogP contribution in [0.4, 0.5) is 0 Å². The molecule has 5 nitrogen and oxygen atoms in total. The van der Waals surface area contributed by atoms with Gasteiger partial charge in [-0.25, -0.2) is 4.68 Å². The molecule has 0 bridgehead atoms. The molecule has 2 aromatic carbocycles. The van der Waals surface area contributed by atoms with Crippen molar-refractivity contribution in [1.82, 2.24) is 19.2 Å². The Labute approximate surface area is 184 Å². The zero-order valence-corrected chi connectivity index (χ0v) is 17.7. The maximum atomic E-state index is 13.1. The van der Waals surface area contributed by atoms with Crippen LogP contribution in [0.3, 0.4) is 0 Å². The minimum absolute atomic E-state index is 0.129. The van der Waals surface area contributed by atoms with Crippen molar-refractivity contribution in [2.24, 2.45) is 0 Å². The second-order valence-corrected chi connectivity index (χ2v) is 8.17. The van der Waals surface area contributed by atoms with Gasteiger partial charge in [-0.3, -0.25) is 4.79 Å². The van der Waals surface area contributed by atoms with Crippen LogP contribution in [-0.4, -0.2) is 25.2 Å². The molecule has 0 saturated carbocycles. The fourth-order valence-electron chi connectivity index (χ4n) is 3.89. The first-order chi connectivity index (χ1) is 14.5. The van der Waals surface area contributed by atoms with Gasteiger partial charge in [0.25, 0.3) is 5.91 Å². The molecule has 4 aromatic rings. The average molecular weight is 437 g/mol. The molecular formula is C23H18Cl2N4O.